The Labute approximate surface area is 131 Å². The molecule has 0 aliphatic heterocycles. The van der Waals surface area contributed by atoms with Crippen LogP contribution in [0.5, 0.6) is 0 Å². The summed E-state index contributed by atoms with van der Waals surface area (Å²) < 4.78 is 1.01. The van der Waals surface area contributed by atoms with E-state index in [1.165, 1.54) is 0 Å². The van der Waals surface area contributed by atoms with Crippen molar-refractivity contribution in [1.82, 2.24) is 0 Å². The number of benzene rings is 2. The number of para-hydroxylation sites is 1. The van der Waals surface area contributed by atoms with Gasteiger partial charge >= 0.3 is 0 Å². The van der Waals surface area contributed by atoms with Crippen molar-refractivity contribution >= 4 is 33.4 Å². The molecule has 2 aromatic rings. The molecule has 21 heavy (non-hydrogen) atoms. The number of anilines is 1. The molecule has 0 aliphatic rings. The Morgan fingerprint density at radius 1 is 1.05 bits per heavy atom. The minimum atomic E-state index is -0.557. The molecule has 0 fully saturated rings. The van der Waals surface area contributed by atoms with Crippen LogP contribution < -0.4 is 11.1 Å². The molecule has 0 saturated carbocycles. The summed E-state index contributed by atoms with van der Waals surface area (Å²) in [6, 6.07) is 14.5. The third kappa shape index (κ3) is 4.43. The van der Waals surface area contributed by atoms with E-state index in [0.717, 1.165) is 10.0 Å². The van der Waals surface area contributed by atoms with Gasteiger partial charge in [0.25, 0.3) is 5.91 Å². The summed E-state index contributed by atoms with van der Waals surface area (Å²) in [7, 11) is 0. The Morgan fingerprint density at radius 3 is 2.38 bits per heavy atom. The smallest absolute Gasteiger partial charge is 0.250 e. The van der Waals surface area contributed by atoms with Crippen molar-refractivity contribution < 1.29 is 9.59 Å². The highest BCUT2D eigenvalue weighted by Crippen LogP contribution is 2.15. The summed E-state index contributed by atoms with van der Waals surface area (Å²) in [5, 5.41) is 2.72. The van der Waals surface area contributed by atoms with Crippen LogP contribution in [0, 0.1) is 0 Å². The molecule has 108 valence electrons. The molecule has 0 unspecified atom stereocenters. The Bertz CT molecular complexity index is 654. The molecule has 3 N–H and O–H groups in total. The summed E-state index contributed by atoms with van der Waals surface area (Å²) in [5.74, 6) is -0.703. The molecule has 2 rings (SSSR count). The largest absolute Gasteiger partial charge is 0.366 e. The average molecular weight is 347 g/mol. The molecular formula is C16H15BrN2O2. The number of rotatable bonds is 5. The van der Waals surface area contributed by atoms with Gasteiger partial charge in [0.1, 0.15) is 0 Å². The molecule has 0 aromatic heterocycles. The number of nitrogens with two attached hydrogens (primary N) is 1. The lowest BCUT2D eigenvalue weighted by Crippen LogP contribution is -2.18. The van der Waals surface area contributed by atoms with Gasteiger partial charge in [-0.15, -0.1) is 0 Å². The van der Waals surface area contributed by atoms with Crippen LogP contribution in [0.1, 0.15) is 22.3 Å². The van der Waals surface area contributed by atoms with Crippen molar-refractivity contribution in [3.63, 3.8) is 0 Å². The summed E-state index contributed by atoms with van der Waals surface area (Å²) in [6.45, 7) is 0. The maximum atomic E-state index is 12.0. The Balaban J connectivity index is 1.96. The summed E-state index contributed by atoms with van der Waals surface area (Å²) in [6.07, 6.45) is 0.979. The topological polar surface area (TPSA) is 72.2 Å². The molecular weight excluding hydrogens is 332 g/mol. The predicted octanol–water partition coefficient (Wildman–Crippen LogP) is 3.12. The zero-order chi connectivity index (χ0) is 15.2. The molecule has 0 aliphatic carbocycles. The fraction of sp³-hybridized carbons (Fsp3) is 0.125. The van der Waals surface area contributed by atoms with Crippen molar-refractivity contribution in [3.8, 4) is 0 Å². The number of aryl methyl sites for hydroxylation is 1. The maximum Gasteiger partial charge on any atom is 0.250 e. The second kappa shape index (κ2) is 7.04. The first kappa shape index (κ1) is 15.3. The number of primary amides is 1. The predicted molar refractivity (Wildman–Crippen MR) is 86.1 cm³/mol. The van der Waals surface area contributed by atoms with Gasteiger partial charge in [-0.2, -0.15) is 0 Å². The number of amides is 2. The molecule has 2 amide bonds. The van der Waals surface area contributed by atoms with Crippen LogP contribution >= 0.6 is 15.9 Å². The fourth-order valence-corrected chi connectivity index (χ4v) is 2.19. The highest BCUT2D eigenvalue weighted by molar-refractivity contribution is 9.10. The number of halogens is 1. The number of hydrogen-bond acceptors (Lipinski definition) is 2. The molecule has 4 nitrogen and oxygen atoms in total. The van der Waals surface area contributed by atoms with E-state index in [0.29, 0.717) is 24.1 Å². The van der Waals surface area contributed by atoms with Gasteiger partial charge in [-0.25, -0.2) is 0 Å². The zero-order valence-electron chi connectivity index (χ0n) is 11.3. The van der Waals surface area contributed by atoms with E-state index in [1.54, 1.807) is 24.3 Å². The van der Waals surface area contributed by atoms with Crippen molar-refractivity contribution in [2.45, 2.75) is 12.8 Å². The second-order valence-corrected chi connectivity index (χ2v) is 5.50. The third-order valence-corrected chi connectivity index (χ3v) is 3.55. The highest BCUT2D eigenvalue weighted by Gasteiger charge is 2.10. The minimum absolute atomic E-state index is 0.147. The molecule has 2 aromatic carbocycles. The van der Waals surface area contributed by atoms with E-state index in [9.17, 15) is 9.59 Å². The van der Waals surface area contributed by atoms with Gasteiger partial charge < -0.3 is 11.1 Å². The molecule has 0 radical (unpaired) electrons. The third-order valence-electron chi connectivity index (χ3n) is 3.02. The van der Waals surface area contributed by atoms with E-state index in [1.807, 2.05) is 24.3 Å². The van der Waals surface area contributed by atoms with Gasteiger partial charge in [0, 0.05) is 10.9 Å². The Hall–Kier alpha value is -2.14. The van der Waals surface area contributed by atoms with Crippen LogP contribution in [-0.4, -0.2) is 11.8 Å². The van der Waals surface area contributed by atoms with Crippen LogP contribution in [-0.2, 0) is 11.2 Å². The second-order valence-electron chi connectivity index (χ2n) is 4.58. The SMILES string of the molecule is NC(=O)c1ccccc1NC(=O)CCc1ccc(Br)cc1. The van der Waals surface area contributed by atoms with Gasteiger partial charge in [0.05, 0.1) is 11.3 Å². The molecule has 0 spiro atoms. The van der Waals surface area contributed by atoms with E-state index < -0.39 is 5.91 Å². The Morgan fingerprint density at radius 2 is 1.71 bits per heavy atom. The first-order valence-electron chi connectivity index (χ1n) is 6.49. The number of carbonyl (C=O) groups is 2. The molecule has 0 saturated heterocycles. The number of carbonyl (C=O) groups excluding carboxylic acids is 2. The maximum absolute atomic E-state index is 12.0. The highest BCUT2D eigenvalue weighted by atomic mass is 79.9. The average Bonchev–Trinajstić information content (AvgIpc) is 2.47. The summed E-state index contributed by atoms with van der Waals surface area (Å²) in [4.78, 5) is 23.2. The first-order chi connectivity index (χ1) is 10.1. The van der Waals surface area contributed by atoms with Crippen LogP contribution in [0.4, 0.5) is 5.69 Å². The van der Waals surface area contributed by atoms with Gasteiger partial charge in [-0.1, -0.05) is 40.2 Å². The lowest BCUT2D eigenvalue weighted by Gasteiger charge is -2.08. The van der Waals surface area contributed by atoms with E-state index in [-0.39, 0.29) is 5.91 Å². The lowest BCUT2D eigenvalue weighted by atomic mass is 10.1. The van der Waals surface area contributed by atoms with E-state index in [4.69, 9.17) is 5.73 Å². The van der Waals surface area contributed by atoms with Crippen molar-refractivity contribution in [2.24, 2.45) is 5.73 Å². The summed E-state index contributed by atoms with van der Waals surface area (Å²) >= 11 is 3.37. The first-order valence-corrected chi connectivity index (χ1v) is 7.28. The van der Waals surface area contributed by atoms with Gasteiger partial charge in [-0.3, -0.25) is 9.59 Å². The van der Waals surface area contributed by atoms with Gasteiger partial charge in [0.2, 0.25) is 5.91 Å². The van der Waals surface area contributed by atoms with E-state index in [2.05, 4.69) is 21.2 Å². The van der Waals surface area contributed by atoms with Crippen molar-refractivity contribution in [1.29, 1.82) is 0 Å². The van der Waals surface area contributed by atoms with Crippen LogP contribution in [0.15, 0.2) is 53.0 Å². The van der Waals surface area contributed by atoms with Gasteiger partial charge in [0.15, 0.2) is 0 Å². The normalized spacial score (nSPS) is 10.1. The molecule has 0 bridgehead atoms. The summed E-state index contributed by atoms with van der Waals surface area (Å²) in [5.41, 5.74) is 7.12. The zero-order valence-corrected chi connectivity index (χ0v) is 12.9. The van der Waals surface area contributed by atoms with Crippen LogP contribution in [0.3, 0.4) is 0 Å². The molecule has 0 atom stereocenters. The van der Waals surface area contributed by atoms with Crippen molar-refractivity contribution in [2.75, 3.05) is 5.32 Å². The lowest BCUT2D eigenvalue weighted by molar-refractivity contribution is -0.116. The number of nitrogens with one attached hydrogen (secondary N) is 1. The standard InChI is InChI=1S/C16H15BrN2O2/c17-12-8-5-11(6-9-12)7-10-15(20)19-14-4-2-1-3-13(14)16(18)21/h1-6,8-9H,7,10H2,(H2,18,21)(H,19,20). The van der Waals surface area contributed by atoms with E-state index >= 15 is 0 Å². The fourth-order valence-electron chi connectivity index (χ4n) is 1.93. The molecule has 0 heterocycles. The van der Waals surface area contributed by atoms with Crippen LogP contribution in [0.2, 0.25) is 0 Å². The Kier molecular flexibility index (Phi) is 5.11. The van der Waals surface area contributed by atoms with Crippen molar-refractivity contribution in [3.05, 3.63) is 64.1 Å². The minimum Gasteiger partial charge on any atom is -0.366 e. The quantitative estimate of drug-likeness (QED) is 0.872. The molecule has 5 heteroatoms. The number of hydrogen-bond donors (Lipinski definition) is 2. The van der Waals surface area contributed by atoms with Crippen LogP contribution in [0.25, 0.3) is 0 Å². The monoisotopic (exact) mass is 346 g/mol. The van der Waals surface area contributed by atoms with Gasteiger partial charge in [-0.05, 0) is 36.2 Å².